The number of piperidine rings is 1. The second-order valence-electron chi connectivity index (χ2n) is 5.70. The van der Waals surface area contributed by atoms with Crippen LogP contribution in [-0.4, -0.2) is 29.9 Å². The molecule has 2 aromatic rings. The minimum Gasteiger partial charge on any atom is -0.382 e. The molecule has 5 heteroatoms. The zero-order valence-corrected chi connectivity index (χ0v) is 13.4. The summed E-state index contributed by atoms with van der Waals surface area (Å²) in [6, 6.07) is 14.4. The Bertz CT molecular complexity index is 685. The molecule has 1 N–H and O–H groups in total. The molecular formula is C18H18ClFN2O. The van der Waals surface area contributed by atoms with Crippen molar-refractivity contribution in [3.63, 3.8) is 0 Å². The van der Waals surface area contributed by atoms with Crippen molar-refractivity contribution in [3.8, 4) is 0 Å². The second kappa shape index (κ2) is 7.01. The lowest BCUT2D eigenvalue weighted by Crippen LogP contribution is -2.42. The number of benzene rings is 2. The Morgan fingerprint density at radius 3 is 2.52 bits per heavy atom. The van der Waals surface area contributed by atoms with E-state index in [2.05, 4.69) is 5.32 Å². The van der Waals surface area contributed by atoms with E-state index in [0.717, 1.165) is 18.5 Å². The third-order valence-corrected chi connectivity index (χ3v) is 4.32. The van der Waals surface area contributed by atoms with Crippen molar-refractivity contribution in [1.29, 1.82) is 0 Å². The van der Waals surface area contributed by atoms with Gasteiger partial charge in [0, 0.05) is 29.8 Å². The van der Waals surface area contributed by atoms with E-state index in [4.69, 9.17) is 11.6 Å². The van der Waals surface area contributed by atoms with Gasteiger partial charge in [-0.3, -0.25) is 4.79 Å². The maximum absolute atomic E-state index is 13.8. The van der Waals surface area contributed by atoms with Crippen LogP contribution in [0.1, 0.15) is 23.2 Å². The van der Waals surface area contributed by atoms with Gasteiger partial charge < -0.3 is 10.2 Å². The summed E-state index contributed by atoms with van der Waals surface area (Å²) in [7, 11) is 0. The van der Waals surface area contributed by atoms with Gasteiger partial charge in [-0.2, -0.15) is 0 Å². The van der Waals surface area contributed by atoms with Crippen molar-refractivity contribution in [2.24, 2.45) is 0 Å². The Hall–Kier alpha value is -2.07. The molecule has 0 saturated carbocycles. The van der Waals surface area contributed by atoms with Crippen LogP contribution >= 0.6 is 11.6 Å². The van der Waals surface area contributed by atoms with Crippen LogP contribution in [0, 0.1) is 5.82 Å². The van der Waals surface area contributed by atoms with E-state index >= 15 is 0 Å². The molecule has 0 bridgehead atoms. The van der Waals surface area contributed by atoms with Crippen LogP contribution in [0.4, 0.5) is 10.1 Å². The minimum absolute atomic E-state index is 0.0481. The van der Waals surface area contributed by atoms with Crippen LogP contribution in [0.5, 0.6) is 0 Å². The van der Waals surface area contributed by atoms with Crippen LogP contribution in [0.15, 0.2) is 48.5 Å². The molecule has 3 nitrogen and oxygen atoms in total. The molecule has 0 aromatic heterocycles. The molecule has 0 radical (unpaired) electrons. The number of hydrogen-bond acceptors (Lipinski definition) is 2. The molecule has 1 heterocycles. The number of amides is 1. The normalized spacial score (nSPS) is 15.5. The highest BCUT2D eigenvalue weighted by Crippen LogP contribution is 2.21. The van der Waals surface area contributed by atoms with Crippen LogP contribution in [-0.2, 0) is 0 Å². The van der Waals surface area contributed by atoms with Crippen molar-refractivity contribution in [1.82, 2.24) is 4.90 Å². The fourth-order valence-corrected chi connectivity index (χ4v) is 3.00. The lowest BCUT2D eigenvalue weighted by atomic mass is 10.0. The molecule has 0 atom stereocenters. The maximum atomic E-state index is 13.8. The number of likely N-dealkylation sites (tertiary alicyclic amines) is 1. The molecule has 1 aliphatic rings. The Labute approximate surface area is 140 Å². The topological polar surface area (TPSA) is 32.3 Å². The summed E-state index contributed by atoms with van der Waals surface area (Å²) in [5.41, 5.74) is 1.13. The number of nitrogens with one attached hydrogen (secondary N) is 1. The van der Waals surface area contributed by atoms with Gasteiger partial charge in [0.1, 0.15) is 5.82 Å². The van der Waals surface area contributed by atoms with Crippen molar-refractivity contribution in [2.75, 3.05) is 18.4 Å². The highest BCUT2D eigenvalue weighted by atomic mass is 35.5. The predicted molar refractivity (Wildman–Crippen MR) is 90.4 cm³/mol. The Balaban J connectivity index is 1.60. The molecule has 1 saturated heterocycles. The minimum atomic E-state index is -0.524. The summed E-state index contributed by atoms with van der Waals surface area (Å²) in [5, 5.41) is 3.84. The SMILES string of the molecule is O=C(c1cc(Cl)ccc1F)N1CCC(Nc2ccccc2)CC1. The third kappa shape index (κ3) is 3.82. The van der Waals surface area contributed by atoms with Gasteiger partial charge in [0.05, 0.1) is 5.56 Å². The zero-order valence-electron chi connectivity index (χ0n) is 12.6. The summed E-state index contributed by atoms with van der Waals surface area (Å²) < 4.78 is 13.8. The van der Waals surface area contributed by atoms with E-state index in [9.17, 15) is 9.18 Å². The molecule has 2 aromatic carbocycles. The molecule has 1 aliphatic heterocycles. The van der Waals surface area contributed by atoms with Crippen molar-refractivity contribution in [2.45, 2.75) is 18.9 Å². The largest absolute Gasteiger partial charge is 0.382 e. The average Bonchev–Trinajstić information content (AvgIpc) is 2.58. The molecule has 1 amide bonds. The first-order chi connectivity index (χ1) is 11.1. The number of carbonyl (C=O) groups excluding carboxylic acids is 1. The summed E-state index contributed by atoms with van der Waals surface area (Å²) >= 11 is 5.87. The number of rotatable bonds is 3. The van der Waals surface area contributed by atoms with Gasteiger partial charge in [-0.05, 0) is 43.2 Å². The molecule has 0 spiro atoms. The fourth-order valence-electron chi connectivity index (χ4n) is 2.83. The molecule has 0 unspecified atom stereocenters. The second-order valence-corrected chi connectivity index (χ2v) is 6.14. The first kappa shape index (κ1) is 15.8. The van der Waals surface area contributed by atoms with E-state index in [1.807, 2.05) is 30.3 Å². The molecule has 23 heavy (non-hydrogen) atoms. The smallest absolute Gasteiger partial charge is 0.256 e. The Morgan fingerprint density at radius 1 is 1.13 bits per heavy atom. The van der Waals surface area contributed by atoms with Gasteiger partial charge in [-0.25, -0.2) is 4.39 Å². The van der Waals surface area contributed by atoms with Gasteiger partial charge in [-0.1, -0.05) is 29.8 Å². The summed E-state index contributed by atoms with van der Waals surface area (Å²) in [6.45, 7) is 1.21. The fraction of sp³-hybridized carbons (Fsp3) is 0.278. The monoisotopic (exact) mass is 332 g/mol. The van der Waals surface area contributed by atoms with Crippen molar-refractivity contribution in [3.05, 3.63) is 64.9 Å². The molecule has 1 fully saturated rings. The van der Waals surface area contributed by atoms with Crippen molar-refractivity contribution < 1.29 is 9.18 Å². The van der Waals surface area contributed by atoms with E-state index < -0.39 is 5.82 Å². The molecule has 0 aliphatic carbocycles. The summed E-state index contributed by atoms with van der Waals surface area (Å²) in [4.78, 5) is 14.1. The lowest BCUT2D eigenvalue weighted by molar-refractivity contribution is 0.0714. The first-order valence-corrected chi connectivity index (χ1v) is 8.07. The number of carbonyl (C=O) groups is 1. The summed E-state index contributed by atoms with van der Waals surface area (Å²) in [5.74, 6) is -0.813. The van der Waals surface area contributed by atoms with Gasteiger partial charge in [0.25, 0.3) is 5.91 Å². The van der Waals surface area contributed by atoms with Crippen LogP contribution < -0.4 is 5.32 Å². The van der Waals surface area contributed by atoms with E-state index in [1.54, 1.807) is 4.90 Å². The molecule has 3 rings (SSSR count). The van der Waals surface area contributed by atoms with Gasteiger partial charge in [-0.15, -0.1) is 0 Å². The Morgan fingerprint density at radius 2 is 1.83 bits per heavy atom. The lowest BCUT2D eigenvalue weighted by Gasteiger charge is -2.33. The number of nitrogens with zero attached hydrogens (tertiary/aromatic N) is 1. The number of para-hydroxylation sites is 1. The number of anilines is 1. The van der Waals surface area contributed by atoms with Gasteiger partial charge in [0.2, 0.25) is 0 Å². The van der Waals surface area contributed by atoms with Crippen molar-refractivity contribution >= 4 is 23.2 Å². The maximum Gasteiger partial charge on any atom is 0.256 e. The van der Waals surface area contributed by atoms with Crippen LogP contribution in [0.3, 0.4) is 0 Å². The van der Waals surface area contributed by atoms with E-state index in [-0.39, 0.29) is 11.5 Å². The quantitative estimate of drug-likeness (QED) is 0.913. The predicted octanol–water partition coefficient (Wildman–Crippen LogP) is 4.20. The highest BCUT2D eigenvalue weighted by molar-refractivity contribution is 6.31. The molecule has 120 valence electrons. The van der Waals surface area contributed by atoms with Crippen LogP contribution in [0.2, 0.25) is 5.02 Å². The Kier molecular flexibility index (Phi) is 4.82. The number of hydrogen-bond donors (Lipinski definition) is 1. The standard InChI is InChI=1S/C18H18ClFN2O/c19-13-6-7-17(20)16(12-13)18(23)22-10-8-15(9-11-22)21-14-4-2-1-3-5-14/h1-7,12,15,21H,8-11H2. The highest BCUT2D eigenvalue weighted by Gasteiger charge is 2.25. The van der Waals surface area contributed by atoms with E-state index in [0.29, 0.717) is 24.2 Å². The number of halogens is 2. The third-order valence-electron chi connectivity index (χ3n) is 4.09. The first-order valence-electron chi connectivity index (χ1n) is 7.69. The molecular weight excluding hydrogens is 315 g/mol. The zero-order chi connectivity index (χ0) is 16.2. The average molecular weight is 333 g/mol. The van der Waals surface area contributed by atoms with Crippen LogP contribution in [0.25, 0.3) is 0 Å². The van der Waals surface area contributed by atoms with Gasteiger partial charge >= 0.3 is 0 Å². The summed E-state index contributed by atoms with van der Waals surface area (Å²) in [6.07, 6.45) is 1.67. The van der Waals surface area contributed by atoms with E-state index in [1.165, 1.54) is 18.2 Å². The van der Waals surface area contributed by atoms with Gasteiger partial charge in [0.15, 0.2) is 0 Å².